The van der Waals surface area contributed by atoms with Gasteiger partial charge in [-0.05, 0) is 37.4 Å². The zero-order valence-electron chi connectivity index (χ0n) is 9.11. The quantitative estimate of drug-likeness (QED) is 0.770. The number of nitrogens with zero attached hydrogens (tertiary/aromatic N) is 2. The molecular weight excluding hydrogens is 206 g/mol. The van der Waals surface area contributed by atoms with Crippen LogP contribution in [0.25, 0.3) is 0 Å². The highest BCUT2D eigenvalue weighted by Gasteiger charge is 2.44. The van der Waals surface area contributed by atoms with E-state index in [4.69, 9.17) is 5.73 Å². The summed E-state index contributed by atoms with van der Waals surface area (Å²) in [5.41, 5.74) is 6.33. The molecule has 1 saturated heterocycles. The van der Waals surface area contributed by atoms with Gasteiger partial charge in [0.15, 0.2) is 5.96 Å². The van der Waals surface area contributed by atoms with Crippen LogP contribution in [0.15, 0.2) is 4.99 Å². The Morgan fingerprint density at radius 3 is 3.07 bits per heavy atom. The second kappa shape index (κ2) is 3.58. The molecule has 1 spiro atoms. The highest BCUT2D eigenvalue weighted by molar-refractivity contribution is 7.99. The lowest BCUT2D eigenvalue weighted by Crippen LogP contribution is -2.55. The van der Waals surface area contributed by atoms with Crippen LogP contribution in [-0.4, -0.2) is 41.0 Å². The molecule has 0 amide bonds. The van der Waals surface area contributed by atoms with Crippen molar-refractivity contribution in [2.45, 2.75) is 31.2 Å². The van der Waals surface area contributed by atoms with E-state index >= 15 is 0 Å². The van der Waals surface area contributed by atoms with E-state index in [1.165, 1.54) is 37.2 Å². The van der Waals surface area contributed by atoms with E-state index in [0.29, 0.717) is 5.54 Å². The first-order valence-corrected chi connectivity index (χ1v) is 7.11. The Labute approximate surface area is 95.5 Å². The van der Waals surface area contributed by atoms with Gasteiger partial charge in [-0.25, -0.2) is 0 Å². The normalized spacial score (nSPS) is 36.0. The predicted octanol–water partition coefficient (Wildman–Crippen LogP) is 1.29. The highest BCUT2D eigenvalue weighted by atomic mass is 32.2. The Morgan fingerprint density at radius 1 is 1.53 bits per heavy atom. The van der Waals surface area contributed by atoms with Gasteiger partial charge in [-0.2, -0.15) is 11.8 Å². The van der Waals surface area contributed by atoms with E-state index in [-0.39, 0.29) is 0 Å². The van der Waals surface area contributed by atoms with E-state index in [9.17, 15) is 0 Å². The van der Waals surface area contributed by atoms with E-state index in [2.05, 4.69) is 21.7 Å². The second-order valence-electron chi connectivity index (χ2n) is 5.11. The molecule has 1 atom stereocenters. The highest BCUT2D eigenvalue weighted by Crippen LogP contribution is 2.39. The van der Waals surface area contributed by atoms with E-state index in [1.54, 1.807) is 0 Å². The fourth-order valence-corrected chi connectivity index (χ4v) is 3.93. The fourth-order valence-electron chi connectivity index (χ4n) is 2.66. The van der Waals surface area contributed by atoms with Gasteiger partial charge in [0.05, 0.1) is 12.1 Å². The van der Waals surface area contributed by atoms with Crippen LogP contribution in [0.3, 0.4) is 0 Å². The maximum absolute atomic E-state index is 6.03. The molecule has 1 saturated carbocycles. The standard InChI is InChI=1S/C11H19N3S/c12-10-13-7-11(4-1-5-15-8-11)14(10)6-9-2-3-9/h9H,1-8H2,(H2,12,13). The lowest BCUT2D eigenvalue weighted by atomic mass is 9.94. The van der Waals surface area contributed by atoms with Gasteiger partial charge in [0.1, 0.15) is 0 Å². The summed E-state index contributed by atoms with van der Waals surface area (Å²) >= 11 is 2.07. The minimum Gasteiger partial charge on any atom is -0.370 e. The average Bonchev–Trinajstić information content (AvgIpc) is 3.03. The number of hydrogen-bond donors (Lipinski definition) is 1. The van der Waals surface area contributed by atoms with Crippen LogP contribution in [0.4, 0.5) is 0 Å². The largest absolute Gasteiger partial charge is 0.370 e. The summed E-state index contributed by atoms with van der Waals surface area (Å²) in [6, 6.07) is 0. The van der Waals surface area contributed by atoms with Crippen LogP contribution in [-0.2, 0) is 0 Å². The van der Waals surface area contributed by atoms with Crippen LogP contribution in [0, 0.1) is 5.92 Å². The smallest absolute Gasteiger partial charge is 0.191 e. The van der Waals surface area contributed by atoms with Crippen molar-refractivity contribution in [1.82, 2.24) is 4.90 Å². The molecule has 0 aromatic carbocycles. The molecule has 3 nitrogen and oxygen atoms in total. The molecule has 0 radical (unpaired) electrons. The van der Waals surface area contributed by atoms with Crippen molar-refractivity contribution in [3.8, 4) is 0 Å². The first-order chi connectivity index (χ1) is 7.30. The van der Waals surface area contributed by atoms with Crippen molar-refractivity contribution in [3.05, 3.63) is 0 Å². The van der Waals surface area contributed by atoms with Crippen molar-refractivity contribution in [1.29, 1.82) is 0 Å². The average molecular weight is 225 g/mol. The number of hydrogen-bond acceptors (Lipinski definition) is 4. The molecule has 0 bridgehead atoms. The molecule has 2 aliphatic heterocycles. The Hall–Kier alpha value is -0.380. The third kappa shape index (κ3) is 1.73. The number of rotatable bonds is 2. The summed E-state index contributed by atoms with van der Waals surface area (Å²) in [4.78, 5) is 6.91. The van der Waals surface area contributed by atoms with Crippen molar-refractivity contribution in [2.75, 3.05) is 24.6 Å². The number of thioether (sulfide) groups is 1. The number of guanidine groups is 1. The molecule has 4 heteroatoms. The second-order valence-corrected chi connectivity index (χ2v) is 6.21. The van der Waals surface area contributed by atoms with Crippen LogP contribution >= 0.6 is 11.8 Å². The molecule has 3 aliphatic rings. The summed E-state index contributed by atoms with van der Waals surface area (Å²) in [6.45, 7) is 2.11. The van der Waals surface area contributed by atoms with Crippen molar-refractivity contribution in [2.24, 2.45) is 16.6 Å². The van der Waals surface area contributed by atoms with Crippen LogP contribution in [0.1, 0.15) is 25.7 Å². The van der Waals surface area contributed by atoms with Gasteiger partial charge >= 0.3 is 0 Å². The SMILES string of the molecule is NC1=NCC2(CCCSC2)N1CC1CC1. The molecule has 2 heterocycles. The first-order valence-electron chi connectivity index (χ1n) is 5.95. The van der Waals surface area contributed by atoms with Crippen LogP contribution in [0.5, 0.6) is 0 Å². The van der Waals surface area contributed by atoms with Crippen molar-refractivity contribution in [3.63, 3.8) is 0 Å². The summed E-state index contributed by atoms with van der Waals surface area (Å²) < 4.78 is 0. The van der Waals surface area contributed by atoms with Gasteiger partial charge in [0.25, 0.3) is 0 Å². The topological polar surface area (TPSA) is 41.6 Å². The maximum Gasteiger partial charge on any atom is 0.191 e. The zero-order valence-corrected chi connectivity index (χ0v) is 9.93. The molecule has 1 unspecified atom stereocenters. The van der Waals surface area contributed by atoms with Gasteiger partial charge < -0.3 is 10.6 Å². The van der Waals surface area contributed by atoms with Gasteiger partial charge in [0, 0.05) is 12.3 Å². The third-order valence-corrected chi connectivity index (χ3v) is 5.14. The zero-order chi connectivity index (χ0) is 10.3. The Morgan fingerprint density at radius 2 is 2.40 bits per heavy atom. The van der Waals surface area contributed by atoms with Crippen molar-refractivity contribution >= 4 is 17.7 Å². The summed E-state index contributed by atoms with van der Waals surface area (Å²) in [6.07, 6.45) is 5.41. The first kappa shape index (κ1) is 9.82. The summed E-state index contributed by atoms with van der Waals surface area (Å²) in [5, 5.41) is 0. The lowest BCUT2D eigenvalue weighted by molar-refractivity contribution is 0.201. The minimum atomic E-state index is 0.301. The number of aliphatic imine (C=N–C) groups is 1. The Bertz CT molecular complexity index is 280. The third-order valence-electron chi connectivity index (χ3n) is 3.82. The van der Waals surface area contributed by atoms with E-state index < -0.39 is 0 Å². The number of nitrogens with two attached hydrogens (primary N) is 1. The lowest BCUT2D eigenvalue weighted by Gasteiger charge is -2.41. The van der Waals surface area contributed by atoms with Crippen molar-refractivity contribution < 1.29 is 0 Å². The van der Waals surface area contributed by atoms with E-state index in [1.807, 2.05) is 0 Å². The van der Waals surface area contributed by atoms with E-state index in [0.717, 1.165) is 25.0 Å². The molecule has 1 aliphatic carbocycles. The molecule has 2 N–H and O–H groups in total. The van der Waals surface area contributed by atoms with Gasteiger partial charge in [0.2, 0.25) is 0 Å². The summed E-state index contributed by atoms with van der Waals surface area (Å²) in [7, 11) is 0. The monoisotopic (exact) mass is 225 g/mol. The molecule has 84 valence electrons. The Kier molecular flexibility index (Phi) is 2.34. The molecule has 2 fully saturated rings. The predicted molar refractivity (Wildman–Crippen MR) is 65.2 cm³/mol. The molecular formula is C11H19N3S. The van der Waals surface area contributed by atoms with Gasteiger partial charge in [-0.15, -0.1) is 0 Å². The van der Waals surface area contributed by atoms with Gasteiger partial charge in [-0.1, -0.05) is 0 Å². The summed E-state index contributed by atoms with van der Waals surface area (Å²) in [5.74, 6) is 4.26. The maximum atomic E-state index is 6.03. The van der Waals surface area contributed by atoms with Crippen LogP contribution < -0.4 is 5.73 Å². The Balaban J connectivity index is 1.75. The molecule has 3 rings (SSSR count). The molecule has 0 aromatic rings. The minimum absolute atomic E-state index is 0.301. The molecule has 15 heavy (non-hydrogen) atoms. The fraction of sp³-hybridized carbons (Fsp3) is 0.909. The molecule has 0 aromatic heterocycles. The van der Waals surface area contributed by atoms with Crippen LogP contribution in [0.2, 0.25) is 0 Å². The van der Waals surface area contributed by atoms with Gasteiger partial charge in [-0.3, -0.25) is 4.99 Å².